The number of carbonyl (C=O) groups excluding carboxylic acids is 1. The second-order valence-corrected chi connectivity index (χ2v) is 4.87. The third-order valence-corrected chi connectivity index (χ3v) is 3.42. The largest absolute Gasteiger partial charge is 0.299 e. The average Bonchev–Trinajstić information content (AvgIpc) is 2.18. The summed E-state index contributed by atoms with van der Waals surface area (Å²) in [4.78, 5) is 11.7. The Morgan fingerprint density at radius 2 is 2.19 bits per heavy atom. The maximum absolute atomic E-state index is 12.9. The quantitative estimate of drug-likeness (QED) is 0.783. The first-order chi connectivity index (χ1) is 7.65. The van der Waals surface area contributed by atoms with Gasteiger partial charge in [-0.2, -0.15) is 0 Å². The molecule has 0 saturated heterocycles. The molecule has 0 atom stereocenters. The topological polar surface area (TPSA) is 17.1 Å². The Morgan fingerprint density at radius 3 is 2.75 bits per heavy atom. The lowest BCUT2D eigenvalue weighted by atomic mass is 9.81. The molecule has 0 spiro atoms. The SMILES string of the molecule is O=C(Cc1ccc(F)c(Cl)c1)CC1CCC1. The van der Waals surface area contributed by atoms with E-state index in [0.717, 1.165) is 5.56 Å². The van der Waals surface area contributed by atoms with Gasteiger partial charge in [0, 0.05) is 12.8 Å². The van der Waals surface area contributed by atoms with E-state index >= 15 is 0 Å². The van der Waals surface area contributed by atoms with Crippen molar-refractivity contribution in [2.24, 2.45) is 5.92 Å². The zero-order chi connectivity index (χ0) is 11.5. The zero-order valence-electron chi connectivity index (χ0n) is 9.01. The van der Waals surface area contributed by atoms with Gasteiger partial charge in [-0.3, -0.25) is 4.79 Å². The van der Waals surface area contributed by atoms with E-state index in [9.17, 15) is 9.18 Å². The molecule has 0 aromatic heterocycles. The van der Waals surface area contributed by atoms with E-state index < -0.39 is 5.82 Å². The molecule has 1 aromatic carbocycles. The number of benzene rings is 1. The Kier molecular flexibility index (Phi) is 3.59. The van der Waals surface area contributed by atoms with Crippen molar-refractivity contribution in [3.05, 3.63) is 34.6 Å². The summed E-state index contributed by atoms with van der Waals surface area (Å²) in [6.45, 7) is 0. The van der Waals surface area contributed by atoms with E-state index in [-0.39, 0.29) is 10.8 Å². The number of hydrogen-bond acceptors (Lipinski definition) is 1. The molecule has 16 heavy (non-hydrogen) atoms. The highest BCUT2D eigenvalue weighted by atomic mass is 35.5. The van der Waals surface area contributed by atoms with Crippen LogP contribution in [0, 0.1) is 11.7 Å². The Labute approximate surface area is 99.6 Å². The molecule has 1 nitrogen and oxygen atoms in total. The minimum atomic E-state index is -0.433. The molecular formula is C13H14ClFO. The number of halogens is 2. The van der Waals surface area contributed by atoms with Gasteiger partial charge in [-0.15, -0.1) is 0 Å². The highest BCUT2D eigenvalue weighted by Gasteiger charge is 2.20. The van der Waals surface area contributed by atoms with Crippen LogP contribution < -0.4 is 0 Å². The maximum Gasteiger partial charge on any atom is 0.141 e. The van der Waals surface area contributed by atoms with E-state index in [0.29, 0.717) is 18.8 Å². The molecule has 3 heteroatoms. The van der Waals surface area contributed by atoms with Crippen molar-refractivity contribution >= 4 is 17.4 Å². The van der Waals surface area contributed by atoms with Crippen LogP contribution in [0.25, 0.3) is 0 Å². The first-order valence-electron chi connectivity index (χ1n) is 5.61. The van der Waals surface area contributed by atoms with Crippen LogP contribution >= 0.6 is 11.6 Å². The van der Waals surface area contributed by atoms with Crippen LogP contribution in [0.4, 0.5) is 4.39 Å². The zero-order valence-corrected chi connectivity index (χ0v) is 9.77. The Morgan fingerprint density at radius 1 is 1.44 bits per heavy atom. The minimum Gasteiger partial charge on any atom is -0.299 e. The second-order valence-electron chi connectivity index (χ2n) is 4.46. The normalized spacial score (nSPS) is 15.9. The summed E-state index contributed by atoms with van der Waals surface area (Å²) in [6, 6.07) is 4.48. The van der Waals surface area contributed by atoms with Crippen molar-refractivity contribution in [1.82, 2.24) is 0 Å². The monoisotopic (exact) mass is 240 g/mol. The Balaban J connectivity index is 1.92. The summed E-state index contributed by atoms with van der Waals surface area (Å²) in [5, 5.41) is 0.0916. The van der Waals surface area contributed by atoms with E-state index in [2.05, 4.69) is 0 Å². The summed E-state index contributed by atoms with van der Waals surface area (Å²) in [7, 11) is 0. The molecule has 0 bridgehead atoms. The highest BCUT2D eigenvalue weighted by molar-refractivity contribution is 6.30. The molecule has 1 aromatic rings. The predicted octanol–water partition coefficient (Wildman–Crippen LogP) is 3.78. The van der Waals surface area contributed by atoms with Crippen LogP contribution in [0.3, 0.4) is 0 Å². The molecule has 0 unspecified atom stereocenters. The molecule has 0 radical (unpaired) electrons. The average molecular weight is 241 g/mol. The van der Waals surface area contributed by atoms with Crippen molar-refractivity contribution in [3.8, 4) is 0 Å². The lowest BCUT2D eigenvalue weighted by Gasteiger charge is -2.24. The van der Waals surface area contributed by atoms with E-state index in [1.54, 1.807) is 6.07 Å². The molecule has 1 aliphatic carbocycles. The Hall–Kier alpha value is -0.890. The third-order valence-electron chi connectivity index (χ3n) is 3.13. The number of Topliss-reactive ketones (excluding diaryl/α,β-unsaturated/α-hetero) is 1. The van der Waals surface area contributed by atoms with Gasteiger partial charge >= 0.3 is 0 Å². The van der Waals surface area contributed by atoms with Crippen LogP contribution in [-0.4, -0.2) is 5.78 Å². The van der Waals surface area contributed by atoms with Gasteiger partial charge in [0.2, 0.25) is 0 Å². The van der Waals surface area contributed by atoms with Crippen molar-refractivity contribution in [2.75, 3.05) is 0 Å². The Bertz CT molecular complexity index is 399. The molecular weight excluding hydrogens is 227 g/mol. The number of rotatable bonds is 4. The second kappa shape index (κ2) is 4.96. The summed E-state index contributed by atoms with van der Waals surface area (Å²) in [6.07, 6.45) is 4.64. The van der Waals surface area contributed by atoms with Crippen molar-refractivity contribution in [1.29, 1.82) is 0 Å². The van der Waals surface area contributed by atoms with Gasteiger partial charge in [0.05, 0.1) is 5.02 Å². The predicted molar refractivity (Wildman–Crippen MR) is 62.1 cm³/mol. The van der Waals surface area contributed by atoms with E-state index in [1.807, 2.05) is 0 Å². The molecule has 0 N–H and O–H groups in total. The van der Waals surface area contributed by atoms with Gasteiger partial charge in [-0.1, -0.05) is 36.9 Å². The maximum atomic E-state index is 12.9. The fourth-order valence-electron chi connectivity index (χ4n) is 1.97. The first kappa shape index (κ1) is 11.6. The molecule has 1 fully saturated rings. The molecule has 0 amide bonds. The summed E-state index contributed by atoms with van der Waals surface area (Å²) in [5.74, 6) is 0.382. The number of carbonyl (C=O) groups is 1. The van der Waals surface area contributed by atoms with Crippen LogP contribution in [0.5, 0.6) is 0 Å². The van der Waals surface area contributed by atoms with Crippen LogP contribution in [0.15, 0.2) is 18.2 Å². The van der Waals surface area contributed by atoms with Gasteiger partial charge in [0.25, 0.3) is 0 Å². The van der Waals surface area contributed by atoms with Gasteiger partial charge in [0.1, 0.15) is 11.6 Å². The lowest BCUT2D eigenvalue weighted by molar-refractivity contribution is -0.119. The minimum absolute atomic E-state index is 0.0916. The molecule has 1 aliphatic rings. The summed E-state index contributed by atoms with van der Waals surface area (Å²) >= 11 is 5.66. The molecule has 0 heterocycles. The smallest absolute Gasteiger partial charge is 0.141 e. The molecule has 86 valence electrons. The summed E-state index contributed by atoms with van der Waals surface area (Å²) < 4.78 is 12.9. The van der Waals surface area contributed by atoms with Gasteiger partial charge < -0.3 is 0 Å². The van der Waals surface area contributed by atoms with E-state index in [1.165, 1.54) is 31.4 Å². The molecule has 2 rings (SSSR count). The van der Waals surface area contributed by atoms with Crippen molar-refractivity contribution in [2.45, 2.75) is 32.1 Å². The lowest BCUT2D eigenvalue weighted by Crippen LogP contribution is -2.17. The standard InChI is InChI=1S/C13H14ClFO/c14-12-8-10(4-5-13(12)15)7-11(16)6-9-2-1-3-9/h4-5,8-9H,1-3,6-7H2. The van der Waals surface area contributed by atoms with Crippen molar-refractivity contribution < 1.29 is 9.18 Å². The van der Waals surface area contributed by atoms with Crippen molar-refractivity contribution in [3.63, 3.8) is 0 Å². The fraction of sp³-hybridized carbons (Fsp3) is 0.462. The molecule has 0 aliphatic heterocycles. The molecule has 1 saturated carbocycles. The van der Waals surface area contributed by atoms with E-state index in [4.69, 9.17) is 11.6 Å². The van der Waals surface area contributed by atoms with Gasteiger partial charge in [-0.05, 0) is 23.6 Å². The number of ketones is 1. The van der Waals surface area contributed by atoms with Crippen LogP contribution in [-0.2, 0) is 11.2 Å². The van der Waals surface area contributed by atoms with Gasteiger partial charge in [-0.25, -0.2) is 4.39 Å². The highest BCUT2D eigenvalue weighted by Crippen LogP contribution is 2.30. The summed E-state index contributed by atoms with van der Waals surface area (Å²) in [5.41, 5.74) is 0.802. The first-order valence-corrected chi connectivity index (χ1v) is 5.98. The fourth-order valence-corrected chi connectivity index (χ4v) is 2.17. The van der Waals surface area contributed by atoms with Crippen LogP contribution in [0.2, 0.25) is 5.02 Å². The van der Waals surface area contributed by atoms with Gasteiger partial charge in [0.15, 0.2) is 0 Å². The third kappa shape index (κ3) is 2.82. The number of hydrogen-bond donors (Lipinski definition) is 0. The van der Waals surface area contributed by atoms with Crippen LogP contribution in [0.1, 0.15) is 31.2 Å².